The number of nitrogens with zero attached hydrogens (tertiary/aromatic N) is 1. The summed E-state index contributed by atoms with van der Waals surface area (Å²) < 4.78 is 3.80. The molecule has 0 saturated heterocycles. The minimum absolute atomic E-state index is 0.627. The third kappa shape index (κ3) is 2.75. The van der Waals surface area contributed by atoms with Gasteiger partial charge in [0.25, 0.3) is 0 Å². The van der Waals surface area contributed by atoms with Gasteiger partial charge in [-0.1, -0.05) is 18.2 Å². The average Bonchev–Trinajstić information content (AvgIpc) is 3.01. The lowest BCUT2D eigenvalue weighted by Gasteiger charge is -2.33. The van der Waals surface area contributed by atoms with Gasteiger partial charge in [-0.3, -0.25) is 0 Å². The first-order valence-electron chi connectivity index (χ1n) is 8.07. The highest BCUT2D eigenvalue weighted by Gasteiger charge is 2.35. The van der Waals surface area contributed by atoms with Crippen molar-refractivity contribution in [3.63, 3.8) is 0 Å². The van der Waals surface area contributed by atoms with Crippen LogP contribution in [0.15, 0.2) is 33.6 Å². The number of anilines is 1. The summed E-state index contributed by atoms with van der Waals surface area (Å²) in [6.45, 7) is 11.5. The molecule has 0 aliphatic heterocycles. The van der Waals surface area contributed by atoms with Crippen molar-refractivity contribution < 1.29 is 0 Å². The van der Waals surface area contributed by atoms with Crippen LogP contribution in [0.25, 0.3) is 5.57 Å². The predicted molar refractivity (Wildman–Crippen MR) is 110 cm³/mol. The third-order valence-corrected chi connectivity index (χ3v) is 10.4. The second kappa shape index (κ2) is 6.23. The smallest absolute Gasteiger partial charge is 0.149 e. The van der Waals surface area contributed by atoms with Gasteiger partial charge in [0.2, 0.25) is 0 Å². The van der Waals surface area contributed by atoms with Gasteiger partial charge in [-0.15, -0.1) is 11.3 Å². The molecule has 1 aliphatic rings. The van der Waals surface area contributed by atoms with E-state index in [1.54, 1.807) is 10.5 Å². The maximum absolute atomic E-state index is 3.80. The Kier molecular flexibility index (Phi) is 4.60. The molecule has 0 amide bonds. The highest BCUT2D eigenvalue weighted by molar-refractivity contribution is 9.10. The van der Waals surface area contributed by atoms with Crippen molar-refractivity contribution in [1.82, 2.24) is 0 Å². The average molecular weight is 406 g/mol. The Bertz CT molecular complexity index is 769. The van der Waals surface area contributed by atoms with Crippen LogP contribution in [0.4, 0.5) is 5.69 Å². The van der Waals surface area contributed by atoms with Gasteiger partial charge in [-0.2, -0.15) is 0 Å². The lowest BCUT2D eigenvalue weighted by Crippen LogP contribution is -2.39. The molecule has 3 rings (SSSR count). The third-order valence-electron chi connectivity index (χ3n) is 5.28. The summed E-state index contributed by atoms with van der Waals surface area (Å²) >= 11 is 5.73. The second-order valence-corrected chi connectivity index (χ2v) is 11.5. The number of fused-ring (bicyclic) bond motifs is 1. The highest BCUT2D eigenvalue weighted by Crippen LogP contribution is 2.47. The normalized spacial score (nSPS) is 18.3. The van der Waals surface area contributed by atoms with Crippen LogP contribution in [0.2, 0.25) is 6.55 Å². The maximum Gasteiger partial charge on any atom is 0.149 e. The zero-order chi connectivity index (χ0) is 16.9. The van der Waals surface area contributed by atoms with Crippen LogP contribution >= 0.6 is 27.3 Å². The largest absolute Gasteiger partial charge is 0.401 e. The van der Waals surface area contributed by atoms with Gasteiger partial charge in [-0.25, -0.2) is 0 Å². The minimum Gasteiger partial charge on any atom is -0.401 e. The second-order valence-electron chi connectivity index (χ2n) is 6.75. The van der Waals surface area contributed by atoms with E-state index in [2.05, 4.69) is 85.4 Å². The Balaban J connectivity index is 2.01. The molecule has 1 heterocycles. The molecule has 2 aromatic rings. The van der Waals surface area contributed by atoms with Gasteiger partial charge in [0, 0.05) is 20.6 Å². The quantitative estimate of drug-likeness (QED) is 0.561. The van der Waals surface area contributed by atoms with E-state index in [0.29, 0.717) is 5.54 Å². The molecule has 0 fully saturated rings. The first-order chi connectivity index (χ1) is 10.8. The van der Waals surface area contributed by atoms with Crippen LogP contribution in [0.3, 0.4) is 0 Å². The molecule has 1 aromatic carbocycles. The molecule has 0 N–H and O–H groups in total. The van der Waals surface area contributed by atoms with Crippen LogP contribution in [0, 0.1) is 13.8 Å². The first-order valence-corrected chi connectivity index (χ1v) is 12.1. The van der Waals surface area contributed by atoms with E-state index in [1.807, 2.05) is 11.3 Å². The van der Waals surface area contributed by atoms with Crippen LogP contribution in [-0.4, -0.2) is 16.0 Å². The zero-order valence-corrected chi connectivity index (χ0v) is 18.3. The first kappa shape index (κ1) is 17.0. The lowest BCUT2D eigenvalue weighted by atomic mass is 10.1. The van der Waals surface area contributed by atoms with Gasteiger partial charge in [-0.05, 0) is 90.4 Å². The Morgan fingerprint density at radius 3 is 2.52 bits per heavy atom. The van der Waals surface area contributed by atoms with E-state index in [1.165, 1.54) is 32.4 Å². The van der Waals surface area contributed by atoms with Gasteiger partial charge >= 0.3 is 0 Å². The van der Waals surface area contributed by atoms with Crippen LogP contribution in [0.1, 0.15) is 41.0 Å². The standard InChI is InChI=1S/C19H24BrNSSi/c1-11-9-12(2)17(16(20)10-11)21(5)23(6)19-14(4)13(3)15-7-8-22-18(15)19/h7-10,19,23H,1-6H3. The van der Waals surface area contributed by atoms with Gasteiger partial charge < -0.3 is 4.57 Å². The van der Waals surface area contributed by atoms with Gasteiger partial charge in [0.05, 0.1) is 0 Å². The Morgan fingerprint density at radius 2 is 1.87 bits per heavy atom. The van der Waals surface area contributed by atoms with Gasteiger partial charge in [0.1, 0.15) is 8.96 Å². The summed E-state index contributed by atoms with van der Waals surface area (Å²) in [6, 6.07) is 6.82. The monoisotopic (exact) mass is 405 g/mol. The molecular weight excluding hydrogens is 382 g/mol. The van der Waals surface area contributed by atoms with Crippen molar-refractivity contribution in [3.8, 4) is 0 Å². The molecule has 4 heteroatoms. The van der Waals surface area contributed by atoms with E-state index in [-0.39, 0.29) is 0 Å². The molecule has 1 aliphatic carbocycles. The number of hydrogen-bond donors (Lipinski definition) is 0. The number of halogens is 1. The Labute approximate surface area is 153 Å². The highest BCUT2D eigenvalue weighted by atomic mass is 79.9. The van der Waals surface area contributed by atoms with Crippen molar-refractivity contribution in [2.45, 2.75) is 39.8 Å². The van der Waals surface area contributed by atoms with E-state index in [4.69, 9.17) is 0 Å². The SMILES string of the molecule is CC1=C(C)C([SiH](C)N(C)c2c(C)cc(C)cc2Br)c2sccc21. The zero-order valence-electron chi connectivity index (χ0n) is 14.7. The molecule has 0 saturated carbocycles. The Morgan fingerprint density at radius 1 is 1.17 bits per heavy atom. The summed E-state index contributed by atoms with van der Waals surface area (Å²) in [5.41, 5.74) is 9.24. The lowest BCUT2D eigenvalue weighted by molar-refractivity contribution is 1.08. The van der Waals surface area contributed by atoms with Crippen LogP contribution in [0.5, 0.6) is 0 Å². The fourth-order valence-corrected chi connectivity index (χ4v) is 9.66. The van der Waals surface area contributed by atoms with E-state index in [9.17, 15) is 0 Å². The number of hydrogen-bond acceptors (Lipinski definition) is 2. The maximum atomic E-state index is 3.80. The Hall–Kier alpha value is -0.843. The number of rotatable bonds is 3. The van der Waals surface area contributed by atoms with Crippen molar-refractivity contribution >= 4 is 47.5 Å². The summed E-state index contributed by atoms with van der Waals surface area (Å²) in [6.07, 6.45) is 0. The summed E-state index contributed by atoms with van der Waals surface area (Å²) in [5.74, 6) is 0. The molecule has 1 aromatic heterocycles. The van der Waals surface area contributed by atoms with E-state index >= 15 is 0 Å². The van der Waals surface area contributed by atoms with Crippen LogP contribution < -0.4 is 4.57 Å². The van der Waals surface area contributed by atoms with E-state index in [0.717, 1.165) is 0 Å². The van der Waals surface area contributed by atoms with Crippen molar-refractivity contribution in [3.05, 3.63) is 55.2 Å². The molecule has 2 atom stereocenters. The fraction of sp³-hybridized carbons (Fsp3) is 0.368. The number of aryl methyl sites for hydroxylation is 2. The van der Waals surface area contributed by atoms with Crippen molar-refractivity contribution in [2.24, 2.45) is 0 Å². The summed E-state index contributed by atoms with van der Waals surface area (Å²) in [5, 5.41) is 2.25. The molecule has 23 heavy (non-hydrogen) atoms. The fourth-order valence-electron chi connectivity index (χ4n) is 3.88. The molecule has 0 radical (unpaired) electrons. The summed E-state index contributed by atoms with van der Waals surface area (Å²) in [7, 11) is 1.09. The predicted octanol–water partition coefficient (Wildman–Crippen LogP) is 6.05. The molecule has 1 nitrogen and oxygen atoms in total. The van der Waals surface area contributed by atoms with E-state index < -0.39 is 8.96 Å². The number of benzene rings is 1. The van der Waals surface area contributed by atoms with Crippen molar-refractivity contribution in [1.29, 1.82) is 0 Å². The molecule has 0 bridgehead atoms. The van der Waals surface area contributed by atoms with Crippen LogP contribution in [-0.2, 0) is 0 Å². The summed E-state index contributed by atoms with van der Waals surface area (Å²) in [4.78, 5) is 1.59. The molecule has 2 unspecified atom stereocenters. The number of allylic oxidation sites excluding steroid dienone is 2. The van der Waals surface area contributed by atoms with Crippen molar-refractivity contribution in [2.75, 3.05) is 11.6 Å². The number of thiophene rings is 1. The minimum atomic E-state index is -1.19. The topological polar surface area (TPSA) is 3.24 Å². The molecular formula is C19H24BrNSSi. The molecule has 0 spiro atoms. The van der Waals surface area contributed by atoms with Gasteiger partial charge in [0.15, 0.2) is 0 Å². The molecule has 122 valence electrons.